The van der Waals surface area contributed by atoms with Crippen LogP contribution in [-0.2, 0) is 6.61 Å². The van der Waals surface area contributed by atoms with Crippen LogP contribution in [-0.4, -0.2) is 5.91 Å². The molecular formula is C19H13FN2O2S. The molecule has 25 heavy (non-hydrogen) atoms. The number of carbonyl (C=O) groups excluding carboxylic acids is 1. The van der Waals surface area contributed by atoms with Gasteiger partial charge >= 0.3 is 0 Å². The quantitative estimate of drug-likeness (QED) is 0.730. The van der Waals surface area contributed by atoms with Gasteiger partial charge in [-0.25, -0.2) is 4.39 Å². The Morgan fingerprint density at radius 2 is 2.08 bits per heavy atom. The van der Waals surface area contributed by atoms with E-state index in [-0.39, 0.29) is 11.5 Å². The molecule has 1 aromatic heterocycles. The van der Waals surface area contributed by atoms with Gasteiger partial charge in [0.25, 0.3) is 5.91 Å². The molecule has 0 fully saturated rings. The van der Waals surface area contributed by atoms with Crippen LogP contribution in [0.4, 0.5) is 10.1 Å². The van der Waals surface area contributed by atoms with Crippen molar-refractivity contribution in [3.8, 4) is 11.8 Å². The van der Waals surface area contributed by atoms with E-state index in [2.05, 4.69) is 5.32 Å². The molecule has 0 saturated heterocycles. The number of halogens is 1. The molecular weight excluding hydrogens is 339 g/mol. The molecule has 2 aromatic carbocycles. The lowest BCUT2D eigenvalue weighted by Gasteiger charge is -2.08. The summed E-state index contributed by atoms with van der Waals surface area (Å²) < 4.78 is 19.0. The smallest absolute Gasteiger partial charge is 0.255 e. The molecule has 1 N–H and O–H groups in total. The van der Waals surface area contributed by atoms with Gasteiger partial charge in [-0.15, -0.1) is 11.3 Å². The van der Waals surface area contributed by atoms with Crippen LogP contribution < -0.4 is 10.1 Å². The third-order valence-corrected chi connectivity index (χ3v) is 4.25. The van der Waals surface area contributed by atoms with E-state index < -0.39 is 5.82 Å². The van der Waals surface area contributed by atoms with Gasteiger partial charge in [-0.1, -0.05) is 12.1 Å². The molecule has 1 heterocycles. The molecule has 6 heteroatoms. The third-order valence-electron chi connectivity index (χ3n) is 3.40. The summed E-state index contributed by atoms with van der Waals surface area (Å²) in [4.78, 5) is 13.4. The number of carbonyl (C=O) groups is 1. The zero-order chi connectivity index (χ0) is 17.6. The van der Waals surface area contributed by atoms with Crippen molar-refractivity contribution < 1.29 is 13.9 Å². The Bertz CT molecular complexity index is 933. The second-order valence-electron chi connectivity index (χ2n) is 5.16. The van der Waals surface area contributed by atoms with Crippen LogP contribution in [0.25, 0.3) is 0 Å². The minimum atomic E-state index is -0.621. The van der Waals surface area contributed by atoms with Gasteiger partial charge in [-0.3, -0.25) is 4.79 Å². The Morgan fingerprint density at radius 3 is 2.84 bits per heavy atom. The number of anilines is 1. The highest BCUT2D eigenvalue weighted by Gasteiger charge is 2.09. The molecule has 0 unspecified atom stereocenters. The maximum Gasteiger partial charge on any atom is 0.255 e. The summed E-state index contributed by atoms with van der Waals surface area (Å²) in [6.45, 7) is 0.437. The molecule has 0 aliphatic rings. The summed E-state index contributed by atoms with van der Waals surface area (Å²) in [6, 6.07) is 16.3. The highest BCUT2D eigenvalue weighted by atomic mass is 32.1. The number of ether oxygens (including phenoxy) is 1. The predicted molar refractivity (Wildman–Crippen MR) is 94.2 cm³/mol. The van der Waals surface area contributed by atoms with E-state index in [0.29, 0.717) is 23.6 Å². The number of amides is 1. The van der Waals surface area contributed by atoms with E-state index in [4.69, 9.17) is 10.00 Å². The predicted octanol–water partition coefficient (Wildman–Crippen LogP) is 4.59. The van der Waals surface area contributed by atoms with Gasteiger partial charge < -0.3 is 10.1 Å². The number of nitrogens with zero attached hydrogens (tertiary/aromatic N) is 1. The lowest BCUT2D eigenvalue weighted by Crippen LogP contribution is -2.12. The number of thiophene rings is 1. The fourth-order valence-electron chi connectivity index (χ4n) is 2.17. The summed E-state index contributed by atoms with van der Waals surface area (Å²) >= 11 is 1.60. The molecule has 4 nitrogen and oxygen atoms in total. The fourth-order valence-corrected chi connectivity index (χ4v) is 2.78. The molecule has 0 bridgehead atoms. The standard InChI is InChI=1S/C19H13FN2O2S/c20-18-7-6-15(9-14(18)11-21)22-19(23)13-3-1-4-16(10-13)24-12-17-5-2-8-25-17/h1-10H,12H2,(H,22,23). The second-order valence-corrected chi connectivity index (χ2v) is 6.19. The van der Waals surface area contributed by atoms with E-state index in [9.17, 15) is 9.18 Å². The van der Waals surface area contributed by atoms with Crippen molar-refractivity contribution in [3.05, 3.63) is 81.8 Å². The van der Waals surface area contributed by atoms with Gasteiger partial charge in [-0.05, 0) is 47.8 Å². The normalized spacial score (nSPS) is 10.1. The van der Waals surface area contributed by atoms with E-state index in [1.54, 1.807) is 41.7 Å². The van der Waals surface area contributed by atoms with Gasteiger partial charge in [0.2, 0.25) is 0 Å². The molecule has 3 rings (SSSR count). The van der Waals surface area contributed by atoms with Crippen LogP contribution in [0.1, 0.15) is 20.8 Å². The van der Waals surface area contributed by atoms with Crippen molar-refractivity contribution in [2.75, 3.05) is 5.32 Å². The highest BCUT2D eigenvalue weighted by molar-refractivity contribution is 7.09. The van der Waals surface area contributed by atoms with Crippen LogP contribution in [0.15, 0.2) is 60.0 Å². The van der Waals surface area contributed by atoms with Crippen molar-refractivity contribution in [2.24, 2.45) is 0 Å². The maximum atomic E-state index is 13.3. The lowest BCUT2D eigenvalue weighted by molar-refractivity contribution is 0.102. The number of hydrogen-bond acceptors (Lipinski definition) is 4. The summed E-state index contributed by atoms with van der Waals surface area (Å²) in [7, 11) is 0. The average Bonchev–Trinajstić information content (AvgIpc) is 3.15. The van der Waals surface area contributed by atoms with Crippen LogP contribution in [0.3, 0.4) is 0 Å². The molecule has 0 saturated carbocycles. The minimum absolute atomic E-state index is 0.120. The SMILES string of the molecule is N#Cc1cc(NC(=O)c2cccc(OCc3cccs3)c2)ccc1F. The maximum absolute atomic E-state index is 13.3. The largest absolute Gasteiger partial charge is 0.488 e. The number of nitrogens with one attached hydrogen (secondary N) is 1. The monoisotopic (exact) mass is 352 g/mol. The first-order valence-electron chi connectivity index (χ1n) is 7.42. The van der Waals surface area contributed by atoms with Crippen LogP contribution in [0, 0.1) is 17.1 Å². The molecule has 0 aliphatic carbocycles. The fraction of sp³-hybridized carbons (Fsp3) is 0.0526. The van der Waals surface area contributed by atoms with Gasteiger partial charge in [0, 0.05) is 16.1 Å². The van der Waals surface area contributed by atoms with E-state index in [1.165, 1.54) is 12.1 Å². The highest BCUT2D eigenvalue weighted by Crippen LogP contribution is 2.19. The summed E-state index contributed by atoms with van der Waals surface area (Å²) in [5.74, 6) is -0.403. The van der Waals surface area contributed by atoms with E-state index >= 15 is 0 Å². The first-order valence-corrected chi connectivity index (χ1v) is 8.30. The molecule has 124 valence electrons. The first kappa shape index (κ1) is 16.7. The van der Waals surface area contributed by atoms with Crippen molar-refractivity contribution in [1.82, 2.24) is 0 Å². The van der Waals surface area contributed by atoms with Crippen molar-refractivity contribution in [3.63, 3.8) is 0 Å². The Hall–Kier alpha value is -3.17. The molecule has 0 atom stereocenters. The Kier molecular flexibility index (Phi) is 5.07. The van der Waals surface area contributed by atoms with Gasteiger partial charge in [0.05, 0.1) is 5.56 Å². The molecule has 0 aliphatic heterocycles. The minimum Gasteiger partial charge on any atom is -0.488 e. The van der Waals surface area contributed by atoms with Crippen LogP contribution in [0.5, 0.6) is 5.75 Å². The Labute approximate surface area is 148 Å². The molecule has 3 aromatic rings. The van der Waals surface area contributed by atoms with Crippen LogP contribution in [0.2, 0.25) is 0 Å². The van der Waals surface area contributed by atoms with Gasteiger partial charge in [-0.2, -0.15) is 5.26 Å². The van der Waals surface area contributed by atoms with E-state index in [1.807, 2.05) is 17.5 Å². The zero-order valence-corrected chi connectivity index (χ0v) is 13.8. The van der Waals surface area contributed by atoms with Gasteiger partial charge in [0.1, 0.15) is 24.2 Å². The number of benzene rings is 2. The Morgan fingerprint density at radius 1 is 1.20 bits per heavy atom. The number of hydrogen-bond donors (Lipinski definition) is 1. The number of nitriles is 1. The summed E-state index contributed by atoms with van der Waals surface area (Å²) in [5.41, 5.74) is 0.644. The van der Waals surface area contributed by atoms with Gasteiger partial charge in [0.15, 0.2) is 0 Å². The summed E-state index contributed by atoms with van der Waals surface area (Å²) in [5, 5.41) is 13.5. The molecule has 1 amide bonds. The first-order chi connectivity index (χ1) is 12.2. The van der Waals surface area contributed by atoms with Crippen molar-refractivity contribution in [1.29, 1.82) is 5.26 Å². The van der Waals surface area contributed by atoms with E-state index in [0.717, 1.165) is 10.9 Å². The zero-order valence-electron chi connectivity index (χ0n) is 13.0. The summed E-state index contributed by atoms with van der Waals surface area (Å²) in [6.07, 6.45) is 0. The van der Waals surface area contributed by atoms with Crippen LogP contribution >= 0.6 is 11.3 Å². The average molecular weight is 352 g/mol. The molecule has 0 radical (unpaired) electrons. The Balaban J connectivity index is 1.70. The third kappa shape index (κ3) is 4.22. The number of rotatable bonds is 5. The topological polar surface area (TPSA) is 62.1 Å². The second kappa shape index (κ2) is 7.60. The van der Waals surface area contributed by atoms with Crippen molar-refractivity contribution >= 4 is 22.9 Å². The lowest BCUT2D eigenvalue weighted by atomic mass is 10.1. The molecule has 0 spiro atoms. The van der Waals surface area contributed by atoms with Crippen molar-refractivity contribution in [2.45, 2.75) is 6.61 Å².